The first-order valence-corrected chi connectivity index (χ1v) is 8.50. The van der Waals surface area contributed by atoms with Crippen LogP contribution in [0.15, 0.2) is 48.8 Å². The van der Waals surface area contributed by atoms with Gasteiger partial charge in [0.15, 0.2) is 11.3 Å². The number of hydrogen-bond acceptors (Lipinski definition) is 4. The normalized spacial score (nSPS) is 15.6. The summed E-state index contributed by atoms with van der Waals surface area (Å²) < 4.78 is 6.84. The molecule has 1 saturated carbocycles. The van der Waals surface area contributed by atoms with Crippen LogP contribution in [0.2, 0.25) is 0 Å². The third-order valence-corrected chi connectivity index (χ3v) is 4.85. The minimum absolute atomic E-state index is 0.00933. The van der Waals surface area contributed by atoms with E-state index in [1.165, 1.54) is 6.42 Å². The Labute approximate surface area is 145 Å². The van der Waals surface area contributed by atoms with Gasteiger partial charge in [0.05, 0.1) is 13.2 Å². The first kappa shape index (κ1) is 15.6. The van der Waals surface area contributed by atoms with Gasteiger partial charge in [0, 0.05) is 18.5 Å². The van der Waals surface area contributed by atoms with Crippen molar-refractivity contribution >= 4 is 11.6 Å². The van der Waals surface area contributed by atoms with E-state index in [0.717, 1.165) is 24.2 Å². The van der Waals surface area contributed by atoms with Crippen LogP contribution in [0.4, 0.5) is 0 Å². The van der Waals surface area contributed by atoms with Gasteiger partial charge in [0.1, 0.15) is 5.75 Å². The Kier molecular flexibility index (Phi) is 4.09. The van der Waals surface area contributed by atoms with Gasteiger partial charge in [-0.15, -0.1) is 0 Å². The van der Waals surface area contributed by atoms with Gasteiger partial charge in [-0.2, -0.15) is 5.10 Å². The molecule has 1 N–H and O–H groups in total. The van der Waals surface area contributed by atoms with E-state index < -0.39 is 0 Å². The highest BCUT2D eigenvalue weighted by atomic mass is 16.5. The van der Waals surface area contributed by atoms with E-state index in [1.807, 2.05) is 24.3 Å². The zero-order valence-corrected chi connectivity index (χ0v) is 14.1. The van der Waals surface area contributed by atoms with Crippen molar-refractivity contribution in [2.75, 3.05) is 7.11 Å². The number of carbonyl (C=O) groups is 1. The van der Waals surface area contributed by atoms with Gasteiger partial charge in [0.2, 0.25) is 0 Å². The third kappa shape index (κ3) is 3.07. The summed E-state index contributed by atoms with van der Waals surface area (Å²) in [4.78, 5) is 16.9. The molecule has 0 bridgehead atoms. The van der Waals surface area contributed by atoms with Crippen LogP contribution in [0.3, 0.4) is 0 Å². The third-order valence-electron chi connectivity index (χ3n) is 4.85. The predicted octanol–water partition coefficient (Wildman–Crippen LogP) is 3.01. The topological polar surface area (TPSA) is 68.5 Å². The molecule has 6 heteroatoms. The van der Waals surface area contributed by atoms with E-state index in [-0.39, 0.29) is 11.9 Å². The number of rotatable bonds is 5. The zero-order chi connectivity index (χ0) is 17.2. The molecule has 2 heterocycles. The zero-order valence-electron chi connectivity index (χ0n) is 14.1. The first-order chi connectivity index (χ1) is 12.2. The Morgan fingerprint density at radius 2 is 2.12 bits per heavy atom. The minimum Gasteiger partial charge on any atom is -0.497 e. The summed E-state index contributed by atoms with van der Waals surface area (Å²) in [7, 11) is 1.65. The average molecular weight is 336 g/mol. The number of hydrogen-bond donors (Lipinski definition) is 1. The molecule has 0 saturated heterocycles. The molecule has 25 heavy (non-hydrogen) atoms. The van der Waals surface area contributed by atoms with Gasteiger partial charge in [-0.05, 0) is 42.5 Å². The second-order valence-electron chi connectivity index (χ2n) is 6.37. The molecule has 1 atom stereocenters. The number of carbonyl (C=O) groups excluding carboxylic acids is 1. The van der Waals surface area contributed by atoms with Crippen molar-refractivity contribution in [3.63, 3.8) is 0 Å². The van der Waals surface area contributed by atoms with Crippen molar-refractivity contribution in [3.05, 3.63) is 60.0 Å². The maximum Gasteiger partial charge on any atom is 0.272 e. The fourth-order valence-electron chi connectivity index (χ4n) is 3.21. The molecule has 128 valence electrons. The average Bonchev–Trinajstić information content (AvgIpc) is 3.04. The number of amides is 1. The van der Waals surface area contributed by atoms with E-state index in [1.54, 1.807) is 36.2 Å². The molecule has 2 aromatic heterocycles. The Hall–Kier alpha value is -2.89. The lowest BCUT2D eigenvalue weighted by molar-refractivity contribution is 0.0895. The highest BCUT2D eigenvalue weighted by molar-refractivity contribution is 5.93. The Morgan fingerprint density at radius 1 is 1.32 bits per heavy atom. The summed E-state index contributed by atoms with van der Waals surface area (Å²) in [6.45, 7) is 0. The fourth-order valence-corrected chi connectivity index (χ4v) is 3.21. The van der Waals surface area contributed by atoms with Gasteiger partial charge < -0.3 is 10.1 Å². The van der Waals surface area contributed by atoms with Crippen LogP contribution < -0.4 is 10.1 Å². The molecule has 0 aliphatic heterocycles. The number of fused-ring (bicyclic) bond motifs is 1. The van der Waals surface area contributed by atoms with Crippen LogP contribution in [0.1, 0.15) is 41.4 Å². The van der Waals surface area contributed by atoms with Crippen LogP contribution >= 0.6 is 0 Å². The fraction of sp³-hybridized carbons (Fsp3) is 0.316. The van der Waals surface area contributed by atoms with E-state index in [2.05, 4.69) is 15.4 Å². The summed E-state index contributed by atoms with van der Waals surface area (Å²) in [5.41, 5.74) is 2.15. The first-order valence-electron chi connectivity index (χ1n) is 8.50. The maximum absolute atomic E-state index is 12.7. The van der Waals surface area contributed by atoms with Crippen molar-refractivity contribution in [1.82, 2.24) is 19.9 Å². The summed E-state index contributed by atoms with van der Waals surface area (Å²) in [6.07, 6.45) is 6.94. The van der Waals surface area contributed by atoms with Crippen LogP contribution in [0.5, 0.6) is 5.75 Å². The second-order valence-corrected chi connectivity index (χ2v) is 6.37. The van der Waals surface area contributed by atoms with Crippen molar-refractivity contribution in [3.8, 4) is 5.75 Å². The molecule has 1 unspecified atom stereocenters. The lowest BCUT2D eigenvalue weighted by Crippen LogP contribution is -2.36. The highest BCUT2D eigenvalue weighted by Crippen LogP contribution is 2.38. The second kappa shape index (κ2) is 6.55. The summed E-state index contributed by atoms with van der Waals surface area (Å²) in [5, 5.41) is 7.48. The SMILES string of the molecule is COc1ccc(C(NC(=O)c2cc3ncccn3n2)C2CCC2)cc1. The largest absolute Gasteiger partial charge is 0.497 e. The van der Waals surface area contributed by atoms with Crippen molar-refractivity contribution < 1.29 is 9.53 Å². The maximum atomic E-state index is 12.7. The van der Waals surface area contributed by atoms with Crippen molar-refractivity contribution in [1.29, 1.82) is 0 Å². The number of benzene rings is 1. The Balaban J connectivity index is 1.58. The summed E-state index contributed by atoms with van der Waals surface area (Å²) in [6, 6.07) is 11.4. The lowest BCUT2D eigenvalue weighted by atomic mass is 9.77. The van der Waals surface area contributed by atoms with Gasteiger partial charge >= 0.3 is 0 Å². The van der Waals surface area contributed by atoms with E-state index in [0.29, 0.717) is 17.3 Å². The van der Waals surface area contributed by atoms with Crippen LogP contribution in [0, 0.1) is 5.92 Å². The molecular weight excluding hydrogens is 316 g/mol. The smallest absolute Gasteiger partial charge is 0.272 e. The quantitative estimate of drug-likeness (QED) is 0.778. The molecule has 0 radical (unpaired) electrons. The molecule has 3 aromatic rings. The molecule has 1 amide bonds. The van der Waals surface area contributed by atoms with Gasteiger partial charge in [-0.3, -0.25) is 4.79 Å². The summed E-state index contributed by atoms with van der Waals surface area (Å²) in [5.74, 6) is 1.11. The molecule has 0 spiro atoms. The Bertz CT molecular complexity index is 851. The molecule has 4 rings (SSSR count). The molecule has 1 fully saturated rings. The number of methoxy groups -OCH3 is 1. The van der Waals surface area contributed by atoms with Crippen LogP contribution in [-0.2, 0) is 0 Å². The highest BCUT2D eigenvalue weighted by Gasteiger charge is 2.30. The molecule has 6 nitrogen and oxygen atoms in total. The number of nitrogens with one attached hydrogen (secondary N) is 1. The van der Waals surface area contributed by atoms with E-state index in [4.69, 9.17) is 4.74 Å². The number of nitrogens with zero attached hydrogens (tertiary/aromatic N) is 3. The number of aromatic nitrogens is 3. The monoisotopic (exact) mass is 336 g/mol. The van der Waals surface area contributed by atoms with Crippen LogP contribution in [0.25, 0.3) is 5.65 Å². The predicted molar refractivity (Wildman–Crippen MR) is 93.5 cm³/mol. The van der Waals surface area contributed by atoms with Gasteiger partial charge in [0.25, 0.3) is 5.91 Å². The lowest BCUT2D eigenvalue weighted by Gasteiger charge is -2.34. The molecular formula is C19H20N4O2. The van der Waals surface area contributed by atoms with Gasteiger partial charge in [-0.1, -0.05) is 18.6 Å². The van der Waals surface area contributed by atoms with E-state index >= 15 is 0 Å². The number of ether oxygens (including phenoxy) is 1. The van der Waals surface area contributed by atoms with Crippen molar-refractivity contribution in [2.45, 2.75) is 25.3 Å². The molecule has 1 aliphatic carbocycles. The van der Waals surface area contributed by atoms with E-state index in [9.17, 15) is 4.79 Å². The molecule has 1 aromatic carbocycles. The van der Waals surface area contributed by atoms with Gasteiger partial charge in [-0.25, -0.2) is 9.50 Å². The standard InChI is InChI=1S/C19H20N4O2/c1-25-15-8-6-14(7-9-15)18(13-4-2-5-13)21-19(24)16-12-17-20-10-3-11-23(17)22-16/h3,6-13,18H,2,4-5H2,1H3,(H,21,24). The van der Waals surface area contributed by atoms with Crippen molar-refractivity contribution in [2.24, 2.45) is 5.92 Å². The summed E-state index contributed by atoms with van der Waals surface area (Å²) >= 11 is 0. The minimum atomic E-state index is -0.168. The van der Waals surface area contributed by atoms with Crippen LogP contribution in [-0.4, -0.2) is 27.6 Å². The molecule has 1 aliphatic rings. The Morgan fingerprint density at radius 3 is 2.76 bits per heavy atom.